The fraction of sp³-hybridized carbons (Fsp3) is 0.412. The van der Waals surface area contributed by atoms with Crippen molar-refractivity contribution in [3.63, 3.8) is 0 Å². The van der Waals surface area contributed by atoms with Crippen LogP contribution in [0.5, 0.6) is 0 Å². The van der Waals surface area contributed by atoms with Crippen molar-refractivity contribution in [3.05, 3.63) is 35.5 Å². The zero-order valence-electron chi connectivity index (χ0n) is 13.8. The average molecular weight is 331 g/mol. The summed E-state index contributed by atoms with van der Waals surface area (Å²) in [7, 11) is 3.66. The number of fused-ring (bicyclic) bond motifs is 1. The second-order valence-corrected chi connectivity index (χ2v) is 6.22. The maximum atomic E-state index is 12.1. The van der Waals surface area contributed by atoms with Gasteiger partial charge in [0.1, 0.15) is 11.7 Å². The van der Waals surface area contributed by atoms with Crippen LogP contribution in [0.4, 0.5) is 0 Å². The molecule has 2 aromatic rings. The van der Waals surface area contributed by atoms with E-state index in [2.05, 4.69) is 4.90 Å². The Hall–Kier alpha value is -2.38. The number of aromatic carboxylic acids is 1. The molecule has 1 aliphatic heterocycles. The lowest BCUT2D eigenvalue weighted by molar-refractivity contribution is -0.144. The third-order valence-corrected chi connectivity index (χ3v) is 4.76. The van der Waals surface area contributed by atoms with E-state index in [-0.39, 0.29) is 5.69 Å². The third kappa shape index (κ3) is 2.65. The Labute approximate surface area is 139 Å². The van der Waals surface area contributed by atoms with Gasteiger partial charge in [-0.3, -0.25) is 9.69 Å². The fourth-order valence-electron chi connectivity index (χ4n) is 3.50. The summed E-state index contributed by atoms with van der Waals surface area (Å²) in [4.78, 5) is 27.9. The number of benzene rings is 1. The lowest BCUT2D eigenvalue weighted by atomic mass is 10.00. The minimum absolute atomic E-state index is 0.0440. The predicted molar refractivity (Wildman–Crippen MR) is 89.3 cm³/mol. The molecule has 7 nitrogen and oxygen atoms in total. The van der Waals surface area contributed by atoms with Gasteiger partial charge in [-0.25, -0.2) is 4.79 Å². The van der Waals surface area contributed by atoms with Crippen LogP contribution in [0, 0.1) is 0 Å². The van der Waals surface area contributed by atoms with E-state index in [0.29, 0.717) is 24.0 Å². The van der Waals surface area contributed by atoms with E-state index in [9.17, 15) is 19.8 Å². The Morgan fingerprint density at radius 3 is 2.25 bits per heavy atom. The summed E-state index contributed by atoms with van der Waals surface area (Å²) in [6.07, 6.45) is 0. The summed E-state index contributed by atoms with van der Waals surface area (Å²) >= 11 is 0. The van der Waals surface area contributed by atoms with Crippen LogP contribution < -0.4 is 0 Å². The number of aromatic nitrogens is 1. The van der Waals surface area contributed by atoms with Crippen molar-refractivity contribution in [1.82, 2.24) is 14.4 Å². The summed E-state index contributed by atoms with van der Waals surface area (Å²) in [5.41, 5.74) is 1.14. The lowest BCUT2D eigenvalue weighted by Crippen LogP contribution is -2.48. The zero-order valence-corrected chi connectivity index (χ0v) is 13.8. The average Bonchev–Trinajstić information content (AvgIpc) is 2.83. The normalized spacial score (nSPS) is 17.9. The summed E-state index contributed by atoms with van der Waals surface area (Å²) in [5, 5.41) is 20.2. The molecule has 2 heterocycles. The van der Waals surface area contributed by atoms with Crippen LogP contribution in [0.2, 0.25) is 0 Å². The molecule has 24 heavy (non-hydrogen) atoms. The van der Waals surface area contributed by atoms with Crippen molar-refractivity contribution in [2.24, 2.45) is 7.05 Å². The van der Waals surface area contributed by atoms with E-state index in [1.54, 1.807) is 23.7 Å². The number of para-hydroxylation sites is 1. The minimum Gasteiger partial charge on any atom is -0.480 e. The molecule has 0 spiro atoms. The summed E-state index contributed by atoms with van der Waals surface area (Å²) in [6, 6.07) is 6.27. The molecule has 7 heteroatoms. The zero-order chi connectivity index (χ0) is 17.4. The van der Waals surface area contributed by atoms with Gasteiger partial charge in [-0.15, -0.1) is 0 Å². The molecular formula is C17H21N3O4. The van der Waals surface area contributed by atoms with Crippen LogP contribution in [0.15, 0.2) is 24.3 Å². The molecular weight excluding hydrogens is 310 g/mol. The van der Waals surface area contributed by atoms with Crippen LogP contribution in [0.25, 0.3) is 10.9 Å². The number of rotatable bonds is 4. The lowest BCUT2D eigenvalue weighted by Gasteiger charge is -2.36. The van der Waals surface area contributed by atoms with Gasteiger partial charge in [-0.1, -0.05) is 18.2 Å². The first kappa shape index (κ1) is 16.5. The molecule has 0 aliphatic carbocycles. The van der Waals surface area contributed by atoms with Crippen LogP contribution in [-0.2, 0) is 11.8 Å². The number of hydrogen-bond donors (Lipinski definition) is 2. The highest BCUT2D eigenvalue weighted by Gasteiger charge is 2.36. The number of likely N-dealkylation sites (N-methyl/N-ethyl adjacent to an activating group) is 1. The van der Waals surface area contributed by atoms with E-state index in [4.69, 9.17) is 0 Å². The van der Waals surface area contributed by atoms with E-state index in [1.165, 1.54) is 0 Å². The second-order valence-electron chi connectivity index (χ2n) is 6.22. The maximum Gasteiger partial charge on any atom is 0.352 e. The van der Waals surface area contributed by atoms with Gasteiger partial charge in [-0.05, 0) is 13.1 Å². The van der Waals surface area contributed by atoms with Crippen molar-refractivity contribution in [3.8, 4) is 0 Å². The Bertz CT molecular complexity index is 790. The van der Waals surface area contributed by atoms with E-state index >= 15 is 0 Å². The smallest absolute Gasteiger partial charge is 0.352 e. The van der Waals surface area contributed by atoms with E-state index in [1.807, 2.05) is 24.1 Å². The molecule has 128 valence electrons. The van der Waals surface area contributed by atoms with Gasteiger partial charge in [0, 0.05) is 49.7 Å². The van der Waals surface area contributed by atoms with Gasteiger partial charge in [-0.2, -0.15) is 0 Å². The number of carboxylic acids is 2. The molecule has 3 rings (SSSR count). The summed E-state index contributed by atoms with van der Waals surface area (Å²) in [6.45, 7) is 2.71. The maximum absolute atomic E-state index is 12.1. The van der Waals surface area contributed by atoms with Crippen molar-refractivity contribution >= 4 is 22.8 Å². The first-order valence-corrected chi connectivity index (χ1v) is 7.87. The molecule has 1 saturated heterocycles. The fourth-order valence-corrected chi connectivity index (χ4v) is 3.50. The molecule has 1 fully saturated rings. The Kier molecular flexibility index (Phi) is 4.29. The first-order valence-electron chi connectivity index (χ1n) is 7.87. The number of piperazine rings is 1. The van der Waals surface area contributed by atoms with Crippen molar-refractivity contribution < 1.29 is 19.8 Å². The van der Waals surface area contributed by atoms with E-state index in [0.717, 1.165) is 18.6 Å². The third-order valence-electron chi connectivity index (χ3n) is 4.76. The second kappa shape index (κ2) is 6.26. The number of aryl methyl sites for hydroxylation is 1. The van der Waals surface area contributed by atoms with Crippen molar-refractivity contribution in [1.29, 1.82) is 0 Å². The number of carbonyl (C=O) groups is 2. The summed E-state index contributed by atoms with van der Waals surface area (Å²) < 4.78 is 1.57. The molecule has 0 radical (unpaired) electrons. The summed E-state index contributed by atoms with van der Waals surface area (Å²) in [5.74, 6) is -2.12. The van der Waals surface area contributed by atoms with Crippen LogP contribution in [0.1, 0.15) is 22.1 Å². The number of hydrogen-bond acceptors (Lipinski definition) is 4. The SMILES string of the molecule is CN1CCN(C(C(=O)O)c2c(C(=O)O)n(C)c3ccccc23)CC1. The van der Waals surface area contributed by atoms with Crippen LogP contribution in [-0.4, -0.2) is 69.7 Å². The topological polar surface area (TPSA) is 86.0 Å². The molecule has 0 saturated carbocycles. The van der Waals surface area contributed by atoms with Crippen molar-refractivity contribution in [2.75, 3.05) is 33.2 Å². The van der Waals surface area contributed by atoms with Gasteiger partial charge >= 0.3 is 11.9 Å². The molecule has 1 atom stereocenters. The number of nitrogens with zero attached hydrogens (tertiary/aromatic N) is 3. The van der Waals surface area contributed by atoms with Gasteiger partial charge in [0.05, 0.1) is 0 Å². The van der Waals surface area contributed by atoms with Crippen LogP contribution >= 0.6 is 0 Å². The first-order chi connectivity index (χ1) is 11.4. The molecule has 0 amide bonds. The predicted octanol–water partition coefficient (Wildman–Crippen LogP) is 1.25. The largest absolute Gasteiger partial charge is 0.480 e. The van der Waals surface area contributed by atoms with E-state index < -0.39 is 18.0 Å². The quantitative estimate of drug-likeness (QED) is 0.877. The molecule has 2 N–H and O–H groups in total. The molecule has 1 aromatic heterocycles. The Morgan fingerprint density at radius 1 is 1.04 bits per heavy atom. The molecule has 1 unspecified atom stereocenters. The number of carboxylic acid groups (broad SMARTS) is 2. The Morgan fingerprint density at radius 2 is 1.67 bits per heavy atom. The monoisotopic (exact) mass is 331 g/mol. The van der Waals surface area contributed by atoms with Crippen molar-refractivity contribution in [2.45, 2.75) is 6.04 Å². The van der Waals surface area contributed by atoms with Gasteiger partial charge < -0.3 is 19.7 Å². The standard InChI is InChI=1S/C17H21N3O4/c1-18-7-9-20(10-8-18)15(17(23)24)13-11-5-3-4-6-12(11)19(2)14(13)16(21)22/h3-6,15H,7-10H2,1-2H3,(H,21,22)(H,23,24). The highest BCUT2D eigenvalue weighted by atomic mass is 16.4. The molecule has 0 bridgehead atoms. The van der Waals surface area contributed by atoms with Crippen LogP contribution in [0.3, 0.4) is 0 Å². The van der Waals surface area contributed by atoms with Gasteiger partial charge in [0.25, 0.3) is 0 Å². The minimum atomic E-state index is -1.11. The van der Waals surface area contributed by atoms with Gasteiger partial charge in [0.15, 0.2) is 0 Å². The number of aliphatic carboxylic acids is 1. The molecule has 1 aliphatic rings. The molecule has 1 aromatic carbocycles. The highest BCUT2D eigenvalue weighted by molar-refractivity contribution is 6.01. The van der Waals surface area contributed by atoms with Gasteiger partial charge in [0.2, 0.25) is 0 Å². The Balaban J connectivity index is 2.19. The highest BCUT2D eigenvalue weighted by Crippen LogP contribution is 2.34.